The number of rotatable bonds is 0. The third-order valence-electron chi connectivity index (χ3n) is 1.81. The van der Waals surface area contributed by atoms with E-state index in [2.05, 4.69) is 9.98 Å². The first-order valence-electron chi connectivity index (χ1n) is 3.60. The maximum Gasteiger partial charge on any atom is 0.160 e. The van der Waals surface area contributed by atoms with Gasteiger partial charge in [-0.15, -0.1) is 0 Å². The van der Waals surface area contributed by atoms with Gasteiger partial charge in [-0.2, -0.15) is 0 Å². The van der Waals surface area contributed by atoms with Gasteiger partial charge in [0, 0.05) is 11.4 Å². The van der Waals surface area contributed by atoms with E-state index in [1.54, 1.807) is 12.3 Å². The largest absolute Gasteiger partial charge is 0.761 e. The van der Waals surface area contributed by atoms with Crippen LogP contribution in [0.3, 0.4) is 0 Å². The lowest BCUT2D eigenvalue weighted by Gasteiger charge is -1.87. The molecule has 12 heavy (non-hydrogen) atoms. The van der Waals surface area contributed by atoms with Crippen LogP contribution >= 0.6 is 0 Å². The highest BCUT2D eigenvalue weighted by Crippen LogP contribution is 1.95. The predicted molar refractivity (Wildman–Crippen MR) is 46.1 cm³/mol. The summed E-state index contributed by atoms with van der Waals surface area (Å²) in [7, 11) is 0. The molecule has 1 aromatic rings. The Morgan fingerprint density at radius 2 is 2.33 bits per heavy atom. The van der Waals surface area contributed by atoms with Crippen LogP contribution in [0.5, 0.6) is 0 Å². The molecule has 0 saturated carbocycles. The first kappa shape index (κ1) is 6.95. The highest BCUT2D eigenvalue weighted by molar-refractivity contribution is 5.73. The van der Waals surface area contributed by atoms with E-state index in [-0.39, 0.29) is 0 Å². The number of hydrogen-bond donors (Lipinski definition) is 0. The van der Waals surface area contributed by atoms with Crippen molar-refractivity contribution in [2.24, 2.45) is 4.99 Å². The molecule has 0 unspecified atom stereocenters. The minimum atomic E-state index is 0.437. The van der Waals surface area contributed by atoms with Gasteiger partial charge in [0.25, 0.3) is 0 Å². The number of aromatic nitrogens is 1. The number of allylic oxidation sites excluding steroid dienone is 1. The number of hydrogen-bond acceptors (Lipinski definition) is 2. The van der Waals surface area contributed by atoms with Crippen LogP contribution in [0.15, 0.2) is 23.0 Å². The molecular formula is C9H6N3-. The Morgan fingerprint density at radius 3 is 3.00 bits per heavy atom. The molecule has 0 radical (unpaired) electrons. The fourth-order valence-corrected chi connectivity index (χ4v) is 1.16. The molecule has 0 saturated heterocycles. The van der Waals surface area contributed by atoms with Gasteiger partial charge in [-0.3, -0.25) is 0 Å². The van der Waals surface area contributed by atoms with Gasteiger partial charge in [0.1, 0.15) is 0 Å². The van der Waals surface area contributed by atoms with E-state index in [4.69, 9.17) is 5.41 Å². The SMILES string of the molecule is Cc1ccnc2c1=CC(=C=[N-])N=2. The van der Waals surface area contributed by atoms with Crippen LogP contribution in [0.2, 0.25) is 0 Å². The molecule has 1 aliphatic heterocycles. The Bertz CT molecular complexity index is 493. The molecule has 3 nitrogen and oxygen atoms in total. The monoisotopic (exact) mass is 156 g/mol. The van der Waals surface area contributed by atoms with E-state index in [0.29, 0.717) is 11.2 Å². The van der Waals surface area contributed by atoms with Gasteiger partial charge in [-0.25, -0.2) is 15.8 Å². The van der Waals surface area contributed by atoms with Crippen molar-refractivity contribution in [2.75, 3.05) is 0 Å². The van der Waals surface area contributed by atoms with Crippen LogP contribution < -0.4 is 10.7 Å². The van der Waals surface area contributed by atoms with Crippen molar-refractivity contribution >= 4 is 11.9 Å². The fourth-order valence-electron chi connectivity index (χ4n) is 1.16. The van der Waals surface area contributed by atoms with Crippen molar-refractivity contribution < 1.29 is 0 Å². The number of aryl methyl sites for hydroxylation is 1. The van der Waals surface area contributed by atoms with Crippen molar-refractivity contribution in [3.63, 3.8) is 0 Å². The molecule has 0 atom stereocenters. The van der Waals surface area contributed by atoms with Crippen LogP contribution in [0, 0.1) is 6.92 Å². The average Bonchev–Trinajstić information content (AvgIpc) is 2.49. The quantitative estimate of drug-likeness (QED) is 0.485. The normalized spacial score (nSPS) is 12.9. The van der Waals surface area contributed by atoms with Gasteiger partial charge in [0.2, 0.25) is 0 Å². The van der Waals surface area contributed by atoms with Crippen LogP contribution in [0.1, 0.15) is 5.56 Å². The van der Waals surface area contributed by atoms with Gasteiger partial charge in [0.15, 0.2) is 5.49 Å². The first-order chi connectivity index (χ1) is 5.81. The summed E-state index contributed by atoms with van der Waals surface area (Å²) in [6, 6.07) is 1.91. The van der Waals surface area contributed by atoms with Gasteiger partial charge < -0.3 is 5.41 Å². The van der Waals surface area contributed by atoms with E-state index in [0.717, 1.165) is 10.8 Å². The van der Waals surface area contributed by atoms with Gasteiger partial charge in [0.05, 0.1) is 5.70 Å². The lowest BCUT2D eigenvalue weighted by Crippen LogP contribution is -2.27. The van der Waals surface area contributed by atoms with Crippen LogP contribution in [0.25, 0.3) is 11.5 Å². The van der Waals surface area contributed by atoms with Crippen LogP contribution in [-0.4, -0.2) is 10.9 Å². The van der Waals surface area contributed by atoms with E-state index < -0.39 is 0 Å². The molecule has 1 aromatic heterocycles. The maximum atomic E-state index is 8.59. The summed E-state index contributed by atoms with van der Waals surface area (Å²) in [5.74, 6) is 1.99. The van der Waals surface area contributed by atoms with Crippen molar-refractivity contribution in [1.29, 1.82) is 0 Å². The first-order valence-corrected chi connectivity index (χ1v) is 3.60. The third-order valence-corrected chi connectivity index (χ3v) is 1.81. The topological polar surface area (TPSA) is 47.5 Å². The lowest BCUT2D eigenvalue weighted by atomic mass is 10.2. The summed E-state index contributed by atoms with van der Waals surface area (Å²) in [6.07, 6.45) is 3.46. The Balaban J connectivity index is 2.94. The predicted octanol–water partition coefficient (Wildman–Crippen LogP) is -0.0733. The van der Waals surface area contributed by atoms with Crippen molar-refractivity contribution in [1.82, 2.24) is 4.98 Å². The Labute approximate surface area is 69.3 Å². The molecule has 0 bridgehead atoms. The van der Waals surface area contributed by atoms with Crippen LogP contribution in [0.4, 0.5) is 0 Å². The van der Waals surface area contributed by atoms with Gasteiger partial charge in [-0.05, 0) is 24.6 Å². The van der Waals surface area contributed by atoms with Crippen molar-refractivity contribution in [3.05, 3.63) is 39.6 Å². The molecule has 0 N–H and O–H groups in total. The van der Waals surface area contributed by atoms with E-state index >= 15 is 0 Å². The Kier molecular flexibility index (Phi) is 1.39. The second kappa shape index (κ2) is 2.40. The minimum absolute atomic E-state index is 0.437. The second-order valence-corrected chi connectivity index (χ2v) is 2.62. The fraction of sp³-hybridized carbons (Fsp3) is 0.111. The van der Waals surface area contributed by atoms with Gasteiger partial charge >= 0.3 is 0 Å². The lowest BCUT2D eigenvalue weighted by molar-refractivity contribution is 1.11. The highest BCUT2D eigenvalue weighted by atomic mass is 14.9. The molecule has 2 heterocycles. The number of fused-ring (bicyclic) bond motifs is 1. The Hall–Kier alpha value is -1.73. The summed E-state index contributed by atoms with van der Waals surface area (Å²) in [4.78, 5) is 8.07. The molecule has 3 heteroatoms. The minimum Gasteiger partial charge on any atom is -0.761 e. The molecule has 0 aliphatic carbocycles. The number of nitrogens with zero attached hydrogens (tertiary/aromatic N) is 3. The third kappa shape index (κ3) is 0.881. The molecule has 58 valence electrons. The Morgan fingerprint density at radius 1 is 1.50 bits per heavy atom. The molecule has 1 aliphatic rings. The zero-order chi connectivity index (χ0) is 8.55. The summed E-state index contributed by atoms with van der Waals surface area (Å²) >= 11 is 0. The standard InChI is InChI=1S/C9H6N3/c1-6-2-3-11-9-8(6)4-7(5-10)12-9/h2-4H,1H3/q-1. The van der Waals surface area contributed by atoms with Gasteiger partial charge in [-0.1, -0.05) is 0 Å². The highest BCUT2D eigenvalue weighted by Gasteiger charge is 2.00. The summed E-state index contributed by atoms with van der Waals surface area (Å²) in [5, 5.41) is 9.56. The maximum absolute atomic E-state index is 8.59. The van der Waals surface area contributed by atoms with E-state index in [1.807, 2.05) is 18.9 Å². The van der Waals surface area contributed by atoms with Crippen molar-refractivity contribution in [2.45, 2.75) is 6.92 Å². The molecular weight excluding hydrogens is 150 g/mol. The zero-order valence-corrected chi connectivity index (χ0v) is 6.57. The van der Waals surface area contributed by atoms with Crippen LogP contribution in [-0.2, 0) is 0 Å². The summed E-state index contributed by atoms with van der Waals surface area (Å²) in [6.45, 7) is 1.98. The summed E-state index contributed by atoms with van der Waals surface area (Å²) in [5.41, 5.74) is 2.20. The smallest absolute Gasteiger partial charge is 0.160 e. The average molecular weight is 156 g/mol. The van der Waals surface area contributed by atoms with E-state index in [9.17, 15) is 0 Å². The summed E-state index contributed by atoms with van der Waals surface area (Å²) < 4.78 is 0. The molecule has 0 aromatic carbocycles. The van der Waals surface area contributed by atoms with Crippen molar-refractivity contribution in [3.8, 4) is 0 Å². The molecule has 0 spiro atoms. The zero-order valence-electron chi connectivity index (χ0n) is 6.57. The number of pyridine rings is 1. The molecule has 0 fully saturated rings. The second-order valence-electron chi connectivity index (χ2n) is 2.62. The molecule has 2 rings (SSSR count). The van der Waals surface area contributed by atoms with E-state index in [1.165, 1.54) is 0 Å². The molecule has 0 amide bonds.